The number of hydrogen-bond acceptors (Lipinski definition) is 5. The van der Waals surface area contributed by atoms with Gasteiger partial charge in [-0.2, -0.15) is 14.9 Å². The number of fused-ring (bicyclic) bond motifs is 1. The zero-order chi connectivity index (χ0) is 19.5. The summed E-state index contributed by atoms with van der Waals surface area (Å²) < 4.78 is 13.0. The second-order valence-electron chi connectivity index (χ2n) is 6.18. The van der Waals surface area contributed by atoms with Crippen LogP contribution in [0.5, 0.6) is 11.5 Å². The quantitative estimate of drug-likeness (QED) is 0.380. The van der Waals surface area contributed by atoms with Crippen LogP contribution in [0.4, 0.5) is 0 Å². The Bertz CT molecular complexity index is 1200. The number of aromatic amines is 2. The third-order valence-electron chi connectivity index (χ3n) is 4.37. The van der Waals surface area contributed by atoms with Crippen LogP contribution in [0.15, 0.2) is 53.6 Å². The molecule has 0 fully saturated rings. The molecule has 0 aliphatic carbocycles. The summed E-state index contributed by atoms with van der Waals surface area (Å²) in [4.78, 5) is 3.36. The Morgan fingerprint density at radius 3 is 2.86 bits per heavy atom. The first-order chi connectivity index (χ1) is 13.7. The summed E-state index contributed by atoms with van der Waals surface area (Å²) in [6, 6.07) is 15.5. The van der Waals surface area contributed by atoms with E-state index in [2.05, 4.69) is 26.3 Å². The molecular formula is C20H19N5O2S. The Kier molecular flexibility index (Phi) is 4.94. The van der Waals surface area contributed by atoms with Crippen molar-refractivity contribution in [3.05, 3.63) is 70.4 Å². The van der Waals surface area contributed by atoms with E-state index >= 15 is 0 Å². The standard InChI is InChI=1S/C20H19N5O2S/c1-13-17(16-8-3-4-9-18(16)22-13)11-21-25-19(23-24-20(25)28)12-27-15-7-5-6-14(10-15)26-2/h3-11,22H,12H2,1-2H3,(H,24,28)/b21-11+. The lowest BCUT2D eigenvalue weighted by atomic mass is 10.1. The molecule has 0 bridgehead atoms. The molecule has 0 saturated carbocycles. The molecule has 142 valence electrons. The molecule has 0 spiro atoms. The van der Waals surface area contributed by atoms with Gasteiger partial charge in [-0.15, -0.1) is 0 Å². The SMILES string of the molecule is COc1cccc(OCc2n[nH]c(=S)n2/N=C/c2c(C)[nH]c3ccccc23)c1. The Labute approximate surface area is 166 Å². The molecule has 2 aromatic carbocycles. The maximum Gasteiger partial charge on any atom is 0.216 e. The number of H-pyrrole nitrogens is 2. The predicted molar refractivity (Wildman–Crippen MR) is 111 cm³/mol. The number of rotatable bonds is 6. The van der Waals surface area contributed by atoms with Crippen molar-refractivity contribution in [1.82, 2.24) is 19.9 Å². The highest BCUT2D eigenvalue weighted by atomic mass is 32.1. The molecule has 28 heavy (non-hydrogen) atoms. The van der Waals surface area contributed by atoms with Crippen LogP contribution >= 0.6 is 12.2 Å². The summed E-state index contributed by atoms with van der Waals surface area (Å²) in [6.45, 7) is 2.23. The van der Waals surface area contributed by atoms with Crippen molar-refractivity contribution in [1.29, 1.82) is 0 Å². The van der Waals surface area contributed by atoms with Gasteiger partial charge in [-0.25, -0.2) is 5.10 Å². The lowest BCUT2D eigenvalue weighted by Crippen LogP contribution is -2.04. The molecule has 4 rings (SSSR count). The van der Waals surface area contributed by atoms with Gasteiger partial charge in [0.15, 0.2) is 5.82 Å². The highest BCUT2D eigenvalue weighted by molar-refractivity contribution is 7.71. The minimum atomic E-state index is 0.213. The molecule has 2 aromatic heterocycles. The Morgan fingerprint density at radius 1 is 1.18 bits per heavy atom. The first kappa shape index (κ1) is 18.0. The number of aryl methyl sites for hydroxylation is 1. The highest BCUT2D eigenvalue weighted by Gasteiger charge is 2.09. The number of aromatic nitrogens is 4. The third-order valence-corrected chi connectivity index (χ3v) is 4.64. The van der Waals surface area contributed by atoms with Crippen LogP contribution in [0, 0.1) is 11.7 Å². The predicted octanol–water partition coefficient (Wildman–Crippen LogP) is 4.20. The average Bonchev–Trinajstić information content (AvgIpc) is 3.23. The fraction of sp³-hybridized carbons (Fsp3) is 0.150. The molecule has 2 heterocycles. The van der Waals surface area contributed by atoms with Gasteiger partial charge in [0.05, 0.1) is 13.3 Å². The van der Waals surface area contributed by atoms with Crippen molar-refractivity contribution in [2.24, 2.45) is 5.10 Å². The molecule has 0 unspecified atom stereocenters. The maximum absolute atomic E-state index is 5.81. The summed E-state index contributed by atoms with van der Waals surface area (Å²) in [5.74, 6) is 1.97. The Morgan fingerprint density at radius 2 is 2.00 bits per heavy atom. The van der Waals surface area contributed by atoms with Gasteiger partial charge in [-0.05, 0) is 37.3 Å². The number of ether oxygens (including phenoxy) is 2. The topological polar surface area (TPSA) is 80.2 Å². The zero-order valence-electron chi connectivity index (χ0n) is 15.5. The minimum absolute atomic E-state index is 0.213. The Hall–Kier alpha value is -3.39. The molecular weight excluding hydrogens is 374 g/mol. The molecule has 2 N–H and O–H groups in total. The van der Waals surface area contributed by atoms with E-state index in [9.17, 15) is 0 Å². The van der Waals surface area contributed by atoms with Crippen LogP contribution in [0.25, 0.3) is 10.9 Å². The lowest BCUT2D eigenvalue weighted by molar-refractivity contribution is 0.288. The van der Waals surface area contributed by atoms with Crippen LogP contribution in [-0.4, -0.2) is 33.2 Å². The molecule has 0 radical (unpaired) electrons. The summed E-state index contributed by atoms with van der Waals surface area (Å²) in [6.07, 6.45) is 1.79. The summed E-state index contributed by atoms with van der Waals surface area (Å²) in [7, 11) is 1.62. The number of nitrogens with one attached hydrogen (secondary N) is 2. The van der Waals surface area contributed by atoms with Crippen molar-refractivity contribution in [3.8, 4) is 11.5 Å². The van der Waals surface area contributed by atoms with Crippen molar-refractivity contribution >= 4 is 29.3 Å². The number of para-hydroxylation sites is 1. The summed E-state index contributed by atoms with van der Waals surface area (Å²) in [5.41, 5.74) is 3.12. The van der Waals surface area contributed by atoms with E-state index in [4.69, 9.17) is 21.7 Å². The van der Waals surface area contributed by atoms with Gasteiger partial charge in [0.25, 0.3) is 0 Å². The van der Waals surface area contributed by atoms with Gasteiger partial charge in [0, 0.05) is 28.2 Å². The van der Waals surface area contributed by atoms with Crippen LogP contribution in [0.1, 0.15) is 17.1 Å². The number of hydrogen-bond donors (Lipinski definition) is 2. The second kappa shape index (κ2) is 7.69. The van der Waals surface area contributed by atoms with Crippen LogP contribution < -0.4 is 9.47 Å². The molecule has 0 saturated heterocycles. The Balaban J connectivity index is 1.59. The van der Waals surface area contributed by atoms with E-state index in [-0.39, 0.29) is 6.61 Å². The van der Waals surface area contributed by atoms with Gasteiger partial charge >= 0.3 is 0 Å². The first-order valence-corrected chi connectivity index (χ1v) is 9.11. The molecule has 0 amide bonds. The van der Waals surface area contributed by atoms with Crippen molar-refractivity contribution in [3.63, 3.8) is 0 Å². The first-order valence-electron chi connectivity index (χ1n) is 8.70. The van der Waals surface area contributed by atoms with Crippen molar-refractivity contribution in [2.75, 3.05) is 7.11 Å². The van der Waals surface area contributed by atoms with Crippen LogP contribution in [0.2, 0.25) is 0 Å². The highest BCUT2D eigenvalue weighted by Crippen LogP contribution is 2.21. The molecule has 8 heteroatoms. The molecule has 4 aromatic rings. The van der Waals surface area contributed by atoms with E-state index in [0.717, 1.165) is 27.9 Å². The third kappa shape index (κ3) is 3.54. The zero-order valence-corrected chi connectivity index (χ0v) is 16.3. The molecule has 7 nitrogen and oxygen atoms in total. The van der Waals surface area contributed by atoms with Gasteiger partial charge < -0.3 is 14.5 Å². The second-order valence-corrected chi connectivity index (χ2v) is 6.56. The normalized spacial score (nSPS) is 11.4. The molecule has 0 aliphatic rings. The van der Waals surface area contributed by atoms with Crippen LogP contribution in [-0.2, 0) is 6.61 Å². The number of benzene rings is 2. The minimum Gasteiger partial charge on any atom is -0.497 e. The van der Waals surface area contributed by atoms with E-state index in [1.807, 2.05) is 49.4 Å². The van der Waals surface area contributed by atoms with E-state index in [0.29, 0.717) is 16.3 Å². The van der Waals surface area contributed by atoms with Crippen molar-refractivity contribution in [2.45, 2.75) is 13.5 Å². The average molecular weight is 393 g/mol. The van der Waals surface area contributed by atoms with E-state index < -0.39 is 0 Å². The number of methoxy groups -OCH3 is 1. The van der Waals surface area contributed by atoms with Gasteiger partial charge in [-0.1, -0.05) is 24.3 Å². The lowest BCUT2D eigenvalue weighted by Gasteiger charge is -2.07. The smallest absolute Gasteiger partial charge is 0.216 e. The molecule has 0 aliphatic heterocycles. The molecule has 0 atom stereocenters. The fourth-order valence-corrected chi connectivity index (χ4v) is 3.15. The van der Waals surface area contributed by atoms with E-state index in [1.54, 1.807) is 18.0 Å². The maximum atomic E-state index is 5.81. The monoisotopic (exact) mass is 393 g/mol. The van der Waals surface area contributed by atoms with Gasteiger partial charge in [0.2, 0.25) is 4.77 Å². The summed E-state index contributed by atoms with van der Waals surface area (Å²) in [5, 5.41) is 12.6. The van der Waals surface area contributed by atoms with Gasteiger partial charge in [-0.3, -0.25) is 0 Å². The fourth-order valence-electron chi connectivity index (χ4n) is 2.96. The largest absolute Gasteiger partial charge is 0.497 e. The van der Waals surface area contributed by atoms with E-state index in [1.165, 1.54) is 0 Å². The van der Waals surface area contributed by atoms with Crippen LogP contribution in [0.3, 0.4) is 0 Å². The number of nitrogens with zero attached hydrogens (tertiary/aromatic N) is 3. The van der Waals surface area contributed by atoms with Crippen molar-refractivity contribution < 1.29 is 9.47 Å². The summed E-state index contributed by atoms with van der Waals surface area (Å²) >= 11 is 5.31. The van der Waals surface area contributed by atoms with Gasteiger partial charge in [0.1, 0.15) is 18.1 Å².